The van der Waals surface area contributed by atoms with E-state index in [1.165, 1.54) is 6.92 Å². The highest BCUT2D eigenvalue weighted by atomic mass is 79.9. The topological polar surface area (TPSA) is 66.8 Å². The zero-order valence-electron chi connectivity index (χ0n) is 12.8. The molecule has 2 heterocycles. The van der Waals surface area contributed by atoms with Gasteiger partial charge in [0, 0.05) is 17.6 Å². The number of rotatable bonds is 4. The van der Waals surface area contributed by atoms with E-state index in [1.54, 1.807) is 4.90 Å². The Morgan fingerprint density at radius 2 is 2.09 bits per heavy atom. The Kier molecular flexibility index (Phi) is 4.55. The highest BCUT2D eigenvalue weighted by molar-refractivity contribution is 9.10. The number of aliphatic hydroxyl groups is 1. The molecule has 2 aliphatic rings. The molecule has 0 radical (unpaired) electrons. The number of hydrogen-bond acceptors (Lipinski definition) is 4. The van der Waals surface area contributed by atoms with E-state index in [0.717, 1.165) is 22.9 Å². The van der Waals surface area contributed by atoms with Crippen LogP contribution in [0.1, 0.15) is 31.4 Å². The second-order valence-electron chi connectivity index (χ2n) is 5.87. The number of carbonyl (C=O) groups excluding carboxylic acids is 2. The maximum Gasteiger partial charge on any atom is 0.290 e. The van der Waals surface area contributed by atoms with Gasteiger partial charge in [0.05, 0.1) is 17.7 Å². The van der Waals surface area contributed by atoms with E-state index in [1.807, 2.05) is 24.3 Å². The Bertz CT molecular complexity index is 662. The van der Waals surface area contributed by atoms with Crippen molar-refractivity contribution in [2.75, 3.05) is 13.2 Å². The van der Waals surface area contributed by atoms with Gasteiger partial charge in [0.1, 0.15) is 0 Å². The molecule has 0 aliphatic carbocycles. The molecule has 1 amide bonds. The minimum absolute atomic E-state index is 0.0454. The number of Topliss-reactive ketones (excluding diaryl/α,β-unsaturated/α-hetero) is 1. The molecule has 1 aromatic carbocycles. The number of amides is 1. The smallest absolute Gasteiger partial charge is 0.290 e. The summed E-state index contributed by atoms with van der Waals surface area (Å²) in [5, 5.41) is 10.2. The number of ether oxygens (including phenoxy) is 1. The number of ketones is 1. The molecule has 0 unspecified atom stereocenters. The summed E-state index contributed by atoms with van der Waals surface area (Å²) in [5.41, 5.74) is 0.962. The van der Waals surface area contributed by atoms with Gasteiger partial charge in [-0.05, 0) is 37.5 Å². The lowest BCUT2D eigenvalue weighted by molar-refractivity contribution is -0.131. The first kappa shape index (κ1) is 16.2. The van der Waals surface area contributed by atoms with E-state index >= 15 is 0 Å². The summed E-state index contributed by atoms with van der Waals surface area (Å²) in [4.78, 5) is 26.0. The van der Waals surface area contributed by atoms with Crippen molar-refractivity contribution < 1.29 is 19.4 Å². The van der Waals surface area contributed by atoms with E-state index in [9.17, 15) is 14.7 Å². The fourth-order valence-electron chi connectivity index (χ4n) is 3.20. The van der Waals surface area contributed by atoms with Gasteiger partial charge in [0.2, 0.25) is 0 Å². The highest BCUT2D eigenvalue weighted by Gasteiger charge is 2.43. The summed E-state index contributed by atoms with van der Waals surface area (Å²) in [6.45, 7) is 2.44. The molecule has 0 saturated carbocycles. The molecule has 3 rings (SSSR count). The SMILES string of the molecule is CC(=O)C1=C(O)C(=O)N(C[C@H]2CCCO2)[C@@H]1c1ccc(Br)cc1. The molecule has 0 bridgehead atoms. The predicted molar refractivity (Wildman–Crippen MR) is 87.9 cm³/mol. The van der Waals surface area contributed by atoms with Crippen molar-refractivity contribution in [3.8, 4) is 0 Å². The average molecular weight is 380 g/mol. The van der Waals surface area contributed by atoms with Crippen molar-refractivity contribution in [3.63, 3.8) is 0 Å². The first-order valence-electron chi connectivity index (χ1n) is 7.61. The molecule has 1 N–H and O–H groups in total. The van der Waals surface area contributed by atoms with Gasteiger partial charge < -0.3 is 14.7 Å². The van der Waals surface area contributed by atoms with Crippen molar-refractivity contribution in [3.05, 3.63) is 45.6 Å². The van der Waals surface area contributed by atoms with Gasteiger partial charge in [0.25, 0.3) is 5.91 Å². The van der Waals surface area contributed by atoms with Crippen molar-refractivity contribution in [1.82, 2.24) is 4.90 Å². The standard InChI is InChI=1S/C17H18BrNO4/c1-10(20)14-15(11-4-6-12(18)7-5-11)19(17(22)16(14)21)9-13-3-2-8-23-13/h4-7,13,15,21H,2-3,8-9H2,1H3/t13-,15-/m1/s1. The number of aliphatic hydroxyl groups excluding tert-OH is 1. The molecule has 1 aromatic rings. The summed E-state index contributed by atoms with van der Waals surface area (Å²) in [5.74, 6) is -1.24. The van der Waals surface area contributed by atoms with E-state index in [4.69, 9.17) is 4.74 Å². The number of carbonyl (C=O) groups is 2. The molecule has 1 saturated heterocycles. The minimum atomic E-state index is -0.558. The summed E-state index contributed by atoms with van der Waals surface area (Å²) in [6, 6.07) is 6.87. The molecule has 2 atom stereocenters. The van der Waals surface area contributed by atoms with E-state index in [0.29, 0.717) is 13.2 Å². The molecule has 2 aliphatic heterocycles. The molecule has 0 spiro atoms. The molecule has 1 fully saturated rings. The third kappa shape index (κ3) is 3.05. The van der Waals surface area contributed by atoms with Crippen molar-refractivity contribution >= 4 is 27.6 Å². The quantitative estimate of drug-likeness (QED) is 0.873. The van der Waals surface area contributed by atoms with Crippen molar-refractivity contribution in [1.29, 1.82) is 0 Å². The third-order valence-corrected chi connectivity index (χ3v) is 4.82. The molecule has 5 nitrogen and oxygen atoms in total. The summed E-state index contributed by atoms with van der Waals surface area (Å²) >= 11 is 3.38. The zero-order chi connectivity index (χ0) is 16.6. The predicted octanol–water partition coefficient (Wildman–Crippen LogP) is 2.91. The Morgan fingerprint density at radius 3 is 2.65 bits per heavy atom. The molecule has 122 valence electrons. The number of halogens is 1. The summed E-state index contributed by atoms with van der Waals surface area (Å²) < 4.78 is 6.52. The summed E-state index contributed by atoms with van der Waals surface area (Å²) in [7, 11) is 0. The third-order valence-electron chi connectivity index (χ3n) is 4.29. The van der Waals surface area contributed by atoms with Gasteiger partial charge in [-0.1, -0.05) is 28.1 Å². The first-order valence-corrected chi connectivity index (χ1v) is 8.40. The van der Waals surface area contributed by atoms with Gasteiger partial charge in [-0.2, -0.15) is 0 Å². The van der Waals surface area contributed by atoms with Crippen LogP contribution in [0.4, 0.5) is 0 Å². The van der Waals surface area contributed by atoms with Gasteiger partial charge in [0.15, 0.2) is 11.5 Å². The Labute approximate surface area is 143 Å². The van der Waals surface area contributed by atoms with Crippen LogP contribution < -0.4 is 0 Å². The van der Waals surface area contributed by atoms with Crippen LogP contribution >= 0.6 is 15.9 Å². The Morgan fingerprint density at radius 1 is 1.39 bits per heavy atom. The van der Waals surface area contributed by atoms with Gasteiger partial charge >= 0.3 is 0 Å². The summed E-state index contributed by atoms with van der Waals surface area (Å²) in [6.07, 6.45) is 1.80. The second-order valence-corrected chi connectivity index (χ2v) is 6.78. The van der Waals surface area contributed by atoms with Crippen LogP contribution in [0.15, 0.2) is 40.1 Å². The fraction of sp³-hybridized carbons (Fsp3) is 0.412. The van der Waals surface area contributed by atoms with Gasteiger partial charge in [-0.3, -0.25) is 9.59 Å². The van der Waals surface area contributed by atoms with Crippen LogP contribution in [0, 0.1) is 0 Å². The normalized spacial score (nSPS) is 24.6. The second kappa shape index (κ2) is 6.45. The van der Waals surface area contributed by atoms with Crippen LogP contribution in [0.25, 0.3) is 0 Å². The number of hydrogen-bond donors (Lipinski definition) is 1. The molecule has 0 aromatic heterocycles. The lowest BCUT2D eigenvalue weighted by Crippen LogP contribution is -2.37. The number of benzene rings is 1. The number of nitrogens with zero attached hydrogens (tertiary/aromatic N) is 1. The molecule has 23 heavy (non-hydrogen) atoms. The van der Waals surface area contributed by atoms with Crippen LogP contribution in [-0.2, 0) is 14.3 Å². The zero-order valence-corrected chi connectivity index (χ0v) is 14.4. The largest absolute Gasteiger partial charge is 0.503 e. The Balaban J connectivity index is 1.98. The maximum atomic E-state index is 12.5. The van der Waals surface area contributed by atoms with Crippen LogP contribution in [0.3, 0.4) is 0 Å². The van der Waals surface area contributed by atoms with Crippen LogP contribution in [-0.4, -0.2) is 41.0 Å². The lowest BCUT2D eigenvalue weighted by Gasteiger charge is -2.28. The monoisotopic (exact) mass is 379 g/mol. The Hall–Kier alpha value is -1.66. The fourth-order valence-corrected chi connectivity index (χ4v) is 3.47. The van der Waals surface area contributed by atoms with Gasteiger partial charge in [-0.15, -0.1) is 0 Å². The minimum Gasteiger partial charge on any atom is -0.503 e. The van der Waals surface area contributed by atoms with E-state index in [-0.39, 0.29) is 17.5 Å². The lowest BCUT2D eigenvalue weighted by atomic mass is 9.96. The maximum absolute atomic E-state index is 12.5. The van der Waals surface area contributed by atoms with Gasteiger partial charge in [-0.25, -0.2) is 0 Å². The van der Waals surface area contributed by atoms with E-state index < -0.39 is 17.7 Å². The average Bonchev–Trinajstić information content (AvgIpc) is 3.10. The molecular weight excluding hydrogens is 362 g/mol. The molecule has 6 heteroatoms. The van der Waals surface area contributed by atoms with Crippen molar-refractivity contribution in [2.24, 2.45) is 0 Å². The highest BCUT2D eigenvalue weighted by Crippen LogP contribution is 2.38. The molecular formula is C17H18BrNO4. The van der Waals surface area contributed by atoms with Crippen LogP contribution in [0.2, 0.25) is 0 Å². The van der Waals surface area contributed by atoms with E-state index in [2.05, 4.69) is 15.9 Å². The van der Waals surface area contributed by atoms with Crippen molar-refractivity contribution in [2.45, 2.75) is 31.9 Å². The van der Waals surface area contributed by atoms with Crippen LogP contribution in [0.5, 0.6) is 0 Å². The first-order chi connectivity index (χ1) is 11.0.